The summed E-state index contributed by atoms with van der Waals surface area (Å²) in [6, 6.07) is 15.5. The van der Waals surface area contributed by atoms with Crippen LogP contribution in [0.1, 0.15) is 5.56 Å². The largest absolute Gasteiger partial charge is 0.354 e. The van der Waals surface area contributed by atoms with E-state index in [0.717, 1.165) is 38.5 Å². The van der Waals surface area contributed by atoms with Crippen LogP contribution in [-0.4, -0.2) is 36.1 Å². The van der Waals surface area contributed by atoms with Crippen LogP contribution in [0.2, 0.25) is 0 Å². The van der Waals surface area contributed by atoms with Gasteiger partial charge in [0.2, 0.25) is 5.95 Å². The average molecular weight is 270 g/mol. The van der Waals surface area contributed by atoms with Crippen molar-refractivity contribution in [1.82, 2.24) is 9.88 Å². The Morgan fingerprint density at radius 3 is 2.35 bits per heavy atom. The summed E-state index contributed by atoms with van der Waals surface area (Å²) in [4.78, 5) is 8.51. The first-order valence-corrected chi connectivity index (χ1v) is 6.95. The number of nitrogens with zero attached hydrogens (tertiary/aromatic N) is 3. The number of rotatable bonds is 3. The van der Waals surface area contributed by atoms with E-state index < -0.39 is 5.95 Å². The number of aromatic nitrogens is 1. The van der Waals surface area contributed by atoms with Crippen molar-refractivity contribution in [2.75, 3.05) is 31.1 Å². The highest BCUT2D eigenvalue weighted by atomic mass is 18.2. The zero-order chi connectivity index (χ0) is 13.8. The summed E-state index contributed by atoms with van der Waals surface area (Å²) in [6.45, 7) is 4.72. The van der Waals surface area contributed by atoms with Crippen molar-refractivity contribution < 1.29 is 4.39 Å². The second-order valence-electron chi connectivity index (χ2n) is 5.07. The lowest BCUT2D eigenvalue weighted by Gasteiger charge is -2.35. The lowest BCUT2D eigenvalue weighted by Crippen LogP contribution is -2.46. The minimum absolute atomic E-state index is 0.408. The maximum absolute atomic E-state index is 13.1. The quantitative estimate of drug-likeness (QED) is 0.799. The molecule has 1 aliphatic heterocycles. The third-order valence-electron chi connectivity index (χ3n) is 3.65. The Kier molecular flexibility index (Phi) is 3.92. The molecule has 0 amide bonds. The molecule has 2 aromatic rings. The van der Waals surface area contributed by atoms with Crippen LogP contribution in [0.25, 0.3) is 0 Å². The monoisotopic (exact) mass is 270 g/mol. The molecule has 0 spiro atoms. The molecule has 0 saturated carbocycles. The molecule has 20 heavy (non-hydrogen) atoms. The first kappa shape index (κ1) is 13.1. The average Bonchev–Trinajstić information content (AvgIpc) is 2.49. The standard InChI is InChI=1S/C16H18FN3/c17-15-7-4-8-16(18-15)20-11-9-19(10-12-20)13-14-5-2-1-3-6-14/h1-8H,9-13H2/i17-1. The summed E-state index contributed by atoms with van der Waals surface area (Å²) in [7, 11) is 0. The van der Waals surface area contributed by atoms with E-state index >= 15 is 0 Å². The fourth-order valence-electron chi connectivity index (χ4n) is 2.55. The van der Waals surface area contributed by atoms with E-state index in [0.29, 0.717) is 0 Å². The summed E-state index contributed by atoms with van der Waals surface area (Å²) in [6.07, 6.45) is 0. The minimum atomic E-state index is -0.408. The molecule has 0 radical (unpaired) electrons. The molecule has 1 aromatic carbocycles. The molecule has 1 fully saturated rings. The van der Waals surface area contributed by atoms with Crippen molar-refractivity contribution in [2.24, 2.45) is 0 Å². The third-order valence-corrected chi connectivity index (χ3v) is 3.65. The van der Waals surface area contributed by atoms with Crippen molar-refractivity contribution in [3.63, 3.8) is 0 Å². The highest BCUT2D eigenvalue weighted by Gasteiger charge is 2.18. The van der Waals surface area contributed by atoms with Gasteiger partial charge < -0.3 is 4.90 Å². The molecule has 2 heterocycles. The minimum Gasteiger partial charge on any atom is -0.354 e. The van der Waals surface area contributed by atoms with E-state index in [9.17, 15) is 4.39 Å². The lowest BCUT2D eigenvalue weighted by atomic mass is 10.2. The predicted molar refractivity (Wildman–Crippen MR) is 78.1 cm³/mol. The van der Waals surface area contributed by atoms with E-state index in [1.54, 1.807) is 6.07 Å². The van der Waals surface area contributed by atoms with Crippen molar-refractivity contribution in [1.29, 1.82) is 0 Å². The van der Waals surface area contributed by atoms with E-state index in [-0.39, 0.29) is 0 Å². The Morgan fingerprint density at radius 2 is 1.65 bits per heavy atom. The first-order valence-electron chi connectivity index (χ1n) is 6.95. The van der Waals surface area contributed by atoms with Gasteiger partial charge in [0.1, 0.15) is 5.82 Å². The van der Waals surface area contributed by atoms with E-state index in [1.807, 2.05) is 12.1 Å². The van der Waals surface area contributed by atoms with E-state index in [2.05, 4.69) is 39.0 Å². The molecule has 0 N–H and O–H groups in total. The fraction of sp³-hybridized carbons (Fsp3) is 0.312. The molecule has 1 saturated heterocycles. The zero-order valence-electron chi connectivity index (χ0n) is 11.4. The Hall–Kier alpha value is -1.94. The summed E-state index contributed by atoms with van der Waals surface area (Å²) >= 11 is 0. The molecule has 104 valence electrons. The van der Waals surface area contributed by atoms with Gasteiger partial charge in [0.05, 0.1) is 0 Å². The Labute approximate surface area is 118 Å². The van der Waals surface area contributed by atoms with Crippen molar-refractivity contribution in [2.45, 2.75) is 6.54 Å². The van der Waals surface area contributed by atoms with Crippen LogP contribution in [0, 0.1) is 5.95 Å². The molecular formula is C16H18FN3. The molecule has 0 atom stereocenters. The number of benzene rings is 1. The van der Waals surface area contributed by atoms with Crippen molar-refractivity contribution in [3.8, 4) is 0 Å². The van der Waals surface area contributed by atoms with Crippen molar-refractivity contribution >= 4 is 5.82 Å². The van der Waals surface area contributed by atoms with Gasteiger partial charge in [-0.3, -0.25) is 4.90 Å². The van der Waals surface area contributed by atoms with Crippen LogP contribution < -0.4 is 4.90 Å². The van der Waals surface area contributed by atoms with Gasteiger partial charge in [-0.15, -0.1) is 0 Å². The Balaban J connectivity index is 1.57. The highest BCUT2D eigenvalue weighted by molar-refractivity contribution is 5.38. The third kappa shape index (κ3) is 3.14. The van der Waals surface area contributed by atoms with Crippen LogP contribution in [-0.2, 0) is 6.54 Å². The molecule has 0 unspecified atom stereocenters. The molecule has 3 rings (SSSR count). The van der Waals surface area contributed by atoms with Crippen LogP contribution in [0.3, 0.4) is 0 Å². The van der Waals surface area contributed by atoms with Gasteiger partial charge in [-0.2, -0.15) is 4.39 Å². The maximum atomic E-state index is 13.1. The van der Waals surface area contributed by atoms with Crippen LogP contribution in [0.15, 0.2) is 48.5 Å². The van der Waals surface area contributed by atoms with Gasteiger partial charge >= 0.3 is 0 Å². The topological polar surface area (TPSA) is 19.4 Å². The number of pyridine rings is 1. The van der Waals surface area contributed by atoms with Gasteiger partial charge in [0.25, 0.3) is 0 Å². The molecule has 1 aliphatic rings. The lowest BCUT2D eigenvalue weighted by molar-refractivity contribution is 0.249. The summed E-state index contributed by atoms with van der Waals surface area (Å²) in [5.74, 6) is 0.332. The molecular weight excluding hydrogens is 252 g/mol. The second kappa shape index (κ2) is 6.01. The molecule has 0 aliphatic carbocycles. The van der Waals surface area contributed by atoms with Gasteiger partial charge in [-0.1, -0.05) is 36.4 Å². The predicted octanol–water partition coefficient (Wildman–Crippen LogP) is 2.54. The molecule has 1 aromatic heterocycles. The smallest absolute Gasteiger partial charge is 0.214 e. The molecule has 4 heteroatoms. The van der Waals surface area contributed by atoms with Crippen LogP contribution in [0.5, 0.6) is 0 Å². The van der Waals surface area contributed by atoms with Crippen LogP contribution in [0.4, 0.5) is 10.2 Å². The van der Waals surface area contributed by atoms with Gasteiger partial charge in [0, 0.05) is 32.7 Å². The maximum Gasteiger partial charge on any atom is 0.214 e. The summed E-state index contributed by atoms with van der Waals surface area (Å²) in [5, 5.41) is 0. The van der Waals surface area contributed by atoms with Gasteiger partial charge in [-0.05, 0) is 17.7 Å². The zero-order valence-corrected chi connectivity index (χ0v) is 11.4. The summed E-state index contributed by atoms with van der Waals surface area (Å²) < 4.78 is 13.1. The number of halogens is 1. The number of anilines is 1. The number of hydrogen-bond donors (Lipinski definition) is 0. The van der Waals surface area contributed by atoms with E-state index in [1.165, 1.54) is 11.6 Å². The Bertz CT molecular complexity index is 551. The fourth-order valence-corrected chi connectivity index (χ4v) is 2.55. The Morgan fingerprint density at radius 1 is 0.900 bits per heavy atom. The number of hydrogen-bond acceptors (Lipinski definition) is 3. The van der Waals surface area contributed by atoms with Gasteiger partial charge in [-0.25, -0.2) is 4.98 Å². The highest BCUT2D eigenvalue weighted by Crippen LogP contribution is 2.15. The van der Waals surface area contributed by atoms with Crippen LogP contribution >= 0.6 is 0 Å². The van der Waals surface area contributed by atoms with E-state index in [4.69, 9.17) is 0 Å². The summed E-state index contributed by atoms with van der Waals surface area (Å²) in [5.41, 5.74) is 1.34. The number of piperazine rings is 1. The second-order valence-corrected chi connectivity index (χ2v) is 5.07. The van der Waals surface area contributed by atoms with Gasteiger partial charge in [0.15, 0.2) is 0 Å². The SMILES string of the molecule is [18F]c1cccc(N2CCN(Cc3ccccc3)CC2)n1. The molecule has 3 nitrogen and oxygen atoms in total. The normalized spacial score (nSPS) is 16.4. The molecule has 0 bridgehead atoms. The van der Waals surface area contributed by atoms with Crippen molar-refractivity contribution in [3.05, 3.63) is 60.0 Å². The first-order chi connectivity index (χ1) is 9.81.